The van der Waals surface area contributed by atoms with Crippen LogP contribution in [-0.2, 0) is 13.5 Å². The average Bonchev–Trinajstić information content (AvgIpc) is 2.64. The molecule has 3 heteroatoms. The predicted molar refractivity (Wildman–Crippen MR) is 73.5 cm³/mol. The van der Waals surface area contributed by atoms with Crippen molar-refractivity contribution >= 4 is 22.5 Å². The molecule has 1 atom stereocenters. The molecule has 92 valence electrons. The fourth-order valence-corrected chi connectivity index (χ4v) is 2.19. The fraction of sp³-hybridized carbons (Fsp3) is 0.500. The van der Waals surface area contributed by atoms with E-state index in [-0.39, 0.29) is 5.38 Å². The van der Waals surface area contributed by atoms with Gasteiger partial charge in [0.2, 0.25) is 0 Å². The van der Waals surface area contributed by atoms with Crippen molar-refractivity contribution in [3.05, 3.63) is 30.0 Å². The minimum atomic E-state index is 0.232. The smallest absolute Gasteiger partial charge is 0.0703 e. The first-order chi connectivity index (χ1) is 8.09. The summed E-state index contributed by atoms with van der Waals surface area (Å²) in [5, 5.41) is 6.06. The quantitative estimate of drug-likeness (QED) is 0.756. The van der Waals surface area contributed by atoms with Crippen LogP contribution in [0.3, 0.4) is 0 Å². The van der Waals surface area contributed by atoms with Gasteiger partial charge in [-0.2, -0.15) is 5.10 Å². The van der Waals surface area contributed by atoms with E-state index in [4.69, 9.17) is 11.6 Å². The average molecular weight is 251 g/mol. The third kappa shape index (κ3) is 2.63. The Bertz CT molecular complexity index is 502. The number of para-hydroxylation sites is 1. The molecule has 2 nitrogen and oxygen atoms in total. The molecule has 2 aromatic rings. The molecule has 17 heavy (non-hydrogen) atoms. The van der Waals surface area contributed by atoms with Crippen LogP contribution in [0.5, 0.6) is 0 Å². The fourth-order valence-electron chi connectivity index (χ4n) is 2.08. The van der Waals surface area contributed by atoms with Gasteiger partial charge in [0.05, 0.1) is 11.2 Å². The largest absolute Gasteiger partial charge is 0.268 e. The molecule has 0 aliphatic carbocycles. The molecule has 0 aliphatic rings. The lowest BCUT2D eigenvalue weighted by Gasteiger charge is -2.11. The zero-order valence-corrected chi connectivity index (χ0v) is 11.4. The molecule has 2 rings (SSSR count). The highest BCUT2D eigenvalue weighted by Gasteiger charge is 2.13. The van der Waals surface area contributed by atoms with Crippen molar-refractivity contribution in [1.82, 2.24) is 9.78 Å². The van der Waals surface area contributed by atoms with Gasteiger partial charge >= 0.3 is 0 Å². The standard InChI is InChI=1S/C14H19ClN2/c1-10(2)12(15)8-9-13-11-6-4-5-7-14(11)17(3)16-13/h4-7,10,12H,8-9H2,1-3H3. The Morgan fingerprint density at radius 2 is 2.00 bits per heavy atom. The van der Waals surface area contributed by atoms with Gasteiger partial charge in [-0.15, -0.1) is 11.6 Å². The molecule has 0 saturated heterocycles. The number of aryl methyl sites for hydroxylation is 2. The maximum Gasteiger partial charge on any atom is 0.0703 e. The van der Waals surface area contributed by atoms with E-state index in [0.717, 1.165) is 18.5 Å². The van der Waals surface area contributed by atoms with Gasteiger partial charge in [-0.25, -0.2) is 0 Å². The number of fused-ring (bicyclic) bond motifs is 1. The number of nitrogens with zero attached hydrogens (tertiary/aromatic N) is 2. The van der Waals surface area contributed by atoms with E-state index in [1.54, 1.807) is 0 Å². The van der Waals surface area contributed by atoms with E-state index >= 15 is 0 Å². The van der Waals surface area contributed by atoms with Gasteiger partial charge in [0.25, 0.3) is 0 Å². The molecule has 0 saturated carbocycles. The normalized spacial score (nSPS) is 13.5. The Balaban J connectivity index is 2.19. The first-order valence-corrected chi connectivity index (χ1v) is 6.58. The highest BCUT2D eigenvalue weighted by molar-refractivity contribution is 6.20. The van der Waals surface area contributed by atoms with Gasteiger partial charge in [0.1, 0.15) is 0 Å². The summed E-state index contributed by atoms with van der Waals surface area (Å²) < 4.78 is 1.95. The maximum atomic E-state index is 6.29. The van der Waals surface area contributed by atoms with Crippen molar-refractivity contribution in [2.45, 2.75) is 32.1 Å². The Hall–Kier alpha value is -1.02. The number of halogens is 1. The number of benzene rings is 1. The second-order valence-electron chi connectivity index (χ2n) is 4.89. The lowest BCUT2D eigenvalue weighted by molar-refractivity contribution is 0.561. The zero-order chi connectivity index (χ0) is 12.4. The SMILES string of the molecule is CC(C)C(Cl)CCc1nn(C)c2ccccc12. The van der Waals surface area contributed by atoms with Crippen molar-refractivity contribution in [2.24, 2.45) is 13.0 Å². The molecular formula is C14H19ClN2. The molecule has 1 unspecified atom stereocenters. The van der Waals surface area contributed by atoms with Crippen molar-refractivity contribution in [2.75, 3.05) is 0 Å². The highest BCUT2D eigenvalue weighted by atomic mass is 35.5. The van der Waals surface area contributed by atoms with E-state index in [0.29, 0.717) is 5.92 Å². The van der Waals surface area contributed by atoms with E-state index in [1.165, 1.54) is 10.9 Å². The van der Waals surface area contributed by atoms with Crippen molar-refractivity contribution in [3.63, 3.8) is 0 Å². The third-order valence-corrected chi connectivity index (χ3v) is 3.94. The van der Waals surface area contributed by atoms with Gasteiger partial charge in [0.15, 0.2) is 0 Å². The summed E-state index contributed by atoms with van der Waals surface area (Å²) in [6, 6.07) is 8.35. The summed E-state index contributed by atoms with van der Waals surface area (Å²) >= 11 is 6.29. The van der Waals surface area contributed by atoms with E-state index in [2.05, 4.69) is 37.1 Å². The van der Waals surface area contributed by atoms with Gasteiger partial charge < -0.3 is 0 Å². The molecule has 0 radical (unpaired) electrons. The molecule has 0 bridgehead atoms. The summed E-state index contributed by atoms with van der Waals surface area (Å²) in [5.74, 6) is 0.520. The number of rotatable bonds is 4. The minimum absolute atomic E-state index is 0.232. The van der Waals surface area contributed by atoms with Crippen LogP contribution in [0.15, 0.2) is 24.3 Å². The van der Waals surface area contributed by atoms with Gasteiger partial charge in [-0.1, -0.05) is 32.0 Å². The first kappa shape index (κ1) is 12.4. The van der Waals surface area contributed by atoms with Gasteiger partial charge in [-0.3, -0.25) is 4.68 Å². The predicted octanol–water partition coefficient (Wildman–Crippen LogP) is 3.77. The Kier molecular flexibility index (Phi) is 3.72. The number of hydrogen-bond donors (Lipinski definition) is 0. The molecule has 0 amide bonds. The molecule has 0 spiro atoms. The first-order valence-electron chi connectivity index (χ1n) is 6.14. The Morgan fingerprint density at radius 3 is 2.71 bits per heavy atom. The van der Waals surface area contributed by atoms with E-state index in [1.807, 2.05) is 17.8 Å². The summed E-state index contributed by atoms with van der Waals surface area (Å²) in [6.07, 6.45) is 1.94. The highest BCUT2D eigenvalue weighted by Crippen LogP contribution is 2.21. The van der Waals surface area contributed by atoms with Crippen LogP contribution in [-0.4, -0.2) is 15.2 Å². The molecule has 1 heterocycles. The van der Waals surface area contributed by atoms with Crippen LogP contribution in [0, 0.1) is 5.92 Å². The van der Waals surface area contributed by atoms with Crippen LogP contribution >= 0.6 is 11.6 Å². The van der Waals surface area contributed by atoms with Crippen LogP contribution in [0.4, 0.5) is 0 Å². The van der Waals surface area contributed by atoms with Crippen molar-refractivity contribution < 1.29 is 0 Å². The minimum Gasteiger partial charge on any atom is -0.268 e. The Labute approximate surface area is 108 Å². The Morgan fingerprint density at radius 1 is 1.29 bits per heavy atom. The third-order valence-electron chi connectivity index (χ3n) is 3.21. The van der Waals surface area contributed by atoms with Crippen LogP contribution in [0.1, 0.15) is 26.0 Å². The topological polar surface area (TPSA) is 17.8 Å². The lowest BCUT2D eigenvalue weighted by Crippen LogP contribution is -2.09. The van der Waals surface area contributed by atoms with E-state index in [9.17, 15) is 0 Å². The lowest BCUT2D eigenvalue weighted by atomic mass is 10.0. The molecular weight excluding hydrogens is 232 g/mol. The molecule has 1 aromatic heterocycles. The van der Waals surface area contributed by atoms with E-state index < -0.39 is 0 Å². The number of aromatic nitrogens is 2. The monoisotopic (exact) mass is 250 g/mol. The summed E-state index contributed by atoms with van der Waals surface area (Å²) in [7, 11) is 1.99. The van der Waals surface area contributed by atoms with Crippen LogP contribution in [0.2, 0.25) is 0 Å². The summed E-state index contributed by atoms with van der Waals surface area (Å²) in [4.78, 5) is 0. The van der Waals surface area contributed by atoms with Crippen molar-refractivity contribution in [3.8, 4) is 0 Å². The molecule has 0 aliphatic heterocycles. The van der Waals surface area contributed by atoms with Gasteiger partial charge in [-0.05, 0) is 24.8 Å². The van der Waals surface area contributed by atoms with Gasteiger partial charge in [0, 0.05) is 17.8 Å². The molecule has 0 fully saturated rings. The number of hydrogen-bond acceptors (Lipinski definition) is 1. The summed E-state index contributed by atoms with van der Waals surface area (Å²) in [5.41, 5.74) is 2.35. The number of alkyl halides is 1. The molecule has 0 N–H and O–H groups in total. The zero-order valence-electron chi connectivity index (χ0n) is 10.7. The second-order valence-corrected chi connectivity index (χ2v) is 5.45. The summed E-state index contributed by atoms with van der Waals surface area (Å²) in [6.45, 7) is 4.32. The van der Waals surface area contributed by atoms with Crippen molar-refractivity contribution in [1.29, 1.82) is 0 Å². The van der Waals surface area contributed by atoms with Crippen LogP contribution < -0.4 is 0 Å². The van der Waals surface area contributed by atoms with Crippen LogP contribution in [0.25, 0.3) is 10.9 Å². The second kappa shape index (κ2) is 5.09. The molecule has 1 aromatic carbocycles. The maximum absolute atomic E-state index is 6.29.